The molecule has 0 aliphatic carbocycles. The maximum Gasteiger partial charge on any atom is 0.284 e. The molecule has 2 aromatic carbocycles. The summed E-state index contributed by atoms with van der Waals surface area (Å²) < 4.78 is 2.77. The first-order chi connectivity index (χ1) is 14.4. The lowest BCUT2D eigenvalue weighted by atomic mass is 10.1. The molecule has 8 heteroatoms. The second-order valence-corrected chi connectivity index (χ2v) is 7.30. The van der Waals surface area contributed by atoms with Crippen molar-refractivity contribution in [1.29, 1.82) is 0 Å². The number of benzene rings is 2. The van der Waals surface area contributed by atoms with E-state index in [0.29, 0.717) is 11.3 Å². The fraction of sp³-hybridized carbons (Fsp3) is 0.227. The molecule has 0 spiro atoms. The van der Waals surface area contributed by atoms with E-state index in [4.69, 9.17) is 0 Å². The Kier molecular flexibility index (Phi) is 5.14. The number of aromatic nitrogens is 5. The van der Waals surface area contributed by atoms with Gasteiger partial charge in [-0.15, -0.1) is 5.10 Å². The summed E-state index contributed by atoms with van der Waals surface area (Å²) in [6.45, 7) is 5.89. The molecule has 4 aromatic rings. The van der Waals surface area contributed by atoms with Gasteiger partial charge in [-0.1, -0.05) is 30.3 Å². The minimum Gasteiger partial charge on any atom is -0.325 e. The van der Waals surface area contributed by atoms with Crippen molar-refractivity contribution in [2.24, 2.45) is 0 Å². The summed E-state index contributed by atoms with van der Waals surface area (Å²) in [4.78, 5) is 29.5. The highest BCUT2D eigenvalue weighted by molar-refractivity contribution is 5.90. The number of nitrogens with one attached hydrogen (secondary N) is 1. The molecule has 0 aliphatic heterocycles. The normalized spacial score (nSPS) is 11.0. The summed E-state index contributed by atoms with van der Waals surface area (Å²) in [7, 11) is 0. The fourth-order valence-electron chi connectivity index (χ4n) is 3.38. The van der Waals surface area contributed by atoms with Crippen LogP contribution in [0.25, 0.3) is 16.9 Å². The zero-order valence-electron chi connectivity index (χ0n) is 17.1. The summed E-state index contributed by atoms with van der Waals surface area (Å²) in [6.07, 6.45) is 2.28. The average Bonchev–Trinajstić information content (AvgIpc) is 3.15. The van der Waals surface area contributed by atoms with Gasteiger partial charge in [-0.3, -0.25) is 14.2 Å². The fourth-order valence-corrected chi connectivity index (χ4v) is 3.38. The van der Waals surface area contributed by atoms with Gasteiger partial charge >= 0.3 is 0 Å². The van der Waals surface area contributed by atoms with Crippen molar-refractivity contribution < 1.29 is 4.79 Å². The predicted molar refractivity (Wildman–Crippen MR) is 115 cm³/mol. The zero-order chi connectivity index (χ0) is 21.3. The number of amides is 1. The number of anilines is 1. The molecule has 0 bridgehead atoms. The molecular formula is C22H22N6O2. The third-order valence-electron chi connectivity index (χ3n) is 4.84. The molecule has 30 heavy (non-hydrogen) atoms. The maximum absolute atomic E-state index is 12.8. The molecule has 1 amide bonds. The highest BCUT2D eigenvalue weighted by atomic mass is 16.2. The van der Waals surface area contributed by atoms with Gasteiger partial charge in [-0.2, -0.15) is 4.68 Å². The van der Waals surface area contributed by atoms with Gasteiger partial charge in [0.05, 0.1) is 5.69 Å². The molecule has 152 valence electrons. The number of carbonyl (C=O) groups is 1. The van der Waals surface area contributed by atoms with Crippen LogP contribution < -0.4 is 10.9 Å². The minimum atomic E-state index is -0.410. The molecule has 2 heterocycles. The highest BCUT2D eigenvalue weighted by Gasteiger charge is 2.15. The summed E-state index contributed by atoms with van der Waals surface area (Å²) in [6, 6.07) is 13.6. The van der Waals surface area contributed by atoms with Crippen molar-refractivity contribution in [2.45, 2.75) is 33.7 Å². The van der Waals surface area contributed by atoms with Crippen molar-refractivity contribution in [2.75, 3.05) is 5.32 Å². The smallest absolute Gasteiger partial charge is 0.284 e. The first-order valence-corrected chi connectivity index (χ1v) is 9.73. The van der Waals surface area contributed by atoms with E-state index >= 15 is 0 Å². The Hall–Kier alpha value is -3.81. The maximum atomic E-state index is 12.8. The number of carbonyl (C=O) groups excluding carboxylic acids is 1. The molecule has 2 aromatic heterocycles. The Balaban J connectivity index is 1.59. The molecule has 0 saturated heterocycles. The van der Waals surface area contributed by atoms with E-state index in [0.717, 1.165) is 23.2 Å². The van der Waals surface area contributed by atoms with Crippen LogP contribution in [0.3, 0.4) is 0 Å². The van der Waals surface area contributed by atoms with Crippen molar-refractivity contribution in [3.8, 4) is 5.69 Å². The van der Waals surface area contributed by atoms with Crippen LogP contribution in [0.5, 0.6) is 0 Å². The van der Waals surface area contributed by atoms with Crippen molar-refractivity contribution in [3.63, 3.8) is 0 Å². The van der Waals surface area contributed by atoms with Gasteiger partial charge in [-0.05, 0) is 61.2 Å². The Bertz CT molecular complexity index is 1270. The van der Waals surface area contributed by atoms with Gasteiger partial charge in [0.2, 0.25) is 5.91 Å². The molecule has 0 radical (unpaired) electrons. The monoisotopic (exact) mass is 402 g/mol. The Morgan fingerprint density at radius 3 is 2.43 bits per heavy atom. The van der Waals surface area contributed by atoms with Gasteiger partial charge in [0.25, 0.3) is 5.56 Å². The van der Waals surface area contributed by atoms with E-state index in [2.05, 4.69) is 33.6 Å². The molecule has 0 saturated carbocycles. The molecule has 0 aliphatic rings. The molecule has 0 unspecified atom stereocenters. The predicted octanol–water partition coefficient (Wildman–Crippen LogP) is 2.80. The molecule has 0 atom stereocenters. The van der Waals surface area contributed by atoms with Crippen LogP contribution in [-0.2, 0) is 17.8 Å². The SMILES string of the molecule is CCc1ccc(NC(=O)Cn2cnc3c(nnn3-c3cc(C)cc(C)c3)c2=O)cc1. The summed E-state index contributed by atoms with van der Waals surface area (Å²) in [5.74, 6) is -0.316. The van der Waals surface area contributed by atoms with E-state index in [-0.39, 0.29) is 18.0 Å². The molecule has 1 N–H and O–H groups in total. The van der Waals surface area contributed by atoms with E-state index in [9.17, 15) is 9.59 Å². The van der Waals surface area contributed by atoms with Crippen LogP contribution in [0.15, 0.2) is 53.6 Å². The second kappa shape index (κ2) is 7.90. The average molecular weight is 402 g/mol. The number of aryl methyl sites for hydroxylation is 3. The third-order valence-corrected chi connectivity index (χ3v) is 4.84. The van der Waals surface area contributed by atoms with Crippen LogP contribution in [0.1, 0.15) is 23.6 Å². The lowest BCUT2D eigenvalue weighted by molar-refractivity contribution is -0.116. The van der Waals surface area contributed by atoms with Gasteiger partial charge in [-0.25, -0.2) is 4.98 Å². The molecule has 0 fully saturated rings. The molecule has 8 nitrogen and oxygen atoms in total. The van der Waals surface area contributed by atoms with Crippen molar-refractivity contribution >= 4 is 22.8 Å². The van der Waals surface area contributed by atoms with E-state index in [1.807, 2.05) is 50.2 Å². The Labute approximate surface area is 173 Å². The first kappa shape index (κ1) is 19.5. The number of rotatable bonds is 5. The van der Waals surface area contributed by atoms with Crippen molar-refractivity contribution in [3.05, 3.63) is 75.8 Å². The summed E-state index contributed by atoms with van der Waals surface area (Å²) >= 11 is 0. The number of hydrogen-bond acceptors (Lipinski definition) is 5. The van der Waals surface area contributed by atoms with Gasteiger partial charge in [0, 0.05) is 5.69 Å². The standard InChI is InChI=1S/C22H22N6O2/c1-4-16-5-7-17(8-6-16)24-19(29)12-27-13-23-21-20(22(27)30)25-26-28(21)18-10-14(2)9-15(3)11-18/h5-11,13H,4,12H2,1-3H3,(H,24,29). The number of nitrogens with zero attached hydrogens (tertiary/aromatic N) is 5. The van der Waals surface area contributed by atoms with Gasteiger partial charge in [0.15, 0.2) is 11.2 Å². The minimum absolute atomic E-state index is 0.122. The van der Waals surface area contributed by atoms with E-state index in [1.54, 1.807) is 0 Å². The molecule has 4 rings (SSSR count). The molecular weight excluding hydrogens is 380 g/mol. The Morgan fingerprint density at radius 1 is 1.07 bits per heavy atom. The highest BCUT2D eigenvalue weighted by Crippen LogP contribution is 2.16. The lowest BCUT2D eigenvalue weighted by Gasteiger charge is -2.08. The number of fused-ring (bicyclic) bond motifs is 1. The summed E-state index contributed by atoms with van der Waals surface area (Å²) in [5.41, 5.74) is 4.87. The second-order valence-electron chi connectivity index (χ2n) is 7.30. The Morgan fingerprint density at radius 2 is 1.77 bits per heavy atom. The van der Waals surface area contributed by atoms with Crippen LogP contribution in [0.4, 0.5) is 5.69 Å². The zero-order valence-corrected chi connectivity index (χ0v) is 17.1. The summed E-state index contributed by atoms with van der Waals surface area (Å²) in [5, 5.41) is 10.9. The van der Waals surface area contributed by atoms with Crippen LogP contribution in [-0.4, -0.2) is 30.5 Å². The third kappa shape index (κ3) is 3.84. The topological polar surface area (TPSA) is 94.7 Å². The van der Waals surface area contributed by atoms with Gasteiger partial charge < -0.3 is 5.32 Å². The van der Waals surface area contributed by atoms with Crippen LogP contribution >= 0.6 is 0 Å². The lowest BCUT2D eigenvalue weighted by Crippen LogP contribution is -2.28. The van der Waals surface area contributed by atoms with Crippen LogP contribution in [0.2, 0.25) is 0 Å². The van der Waals surface area contributed by atoms with Gasteiger partial charge in [0.1, 0.15) is 12.9 Å². The largest absolute Gasteiger partial charge is 0.325 e. The van der Waals surface area contributed by atoms with Crippen LogP contribution in [0, 0.1) is 13.8 Å². The van der Waals surface area contributed by atoms with Crippen molar-refractivity contribution in [1.82, 2.24) is 24.5 Å². The van der Waals surface area contributed by atoms with E-state index < -0.39 is 5.56 Å². The number of hydrogen-bond donors (Lipinski definition) is 1. The van der Waals surface area contributed by atoms with E-state index in [1.165, 1.54) is 21.1 Å². The quantitative estimate of drug-likeness (QED) is 0.554. The first-order valence-electron chi connectivity index (χ1n) is 9.73.